The third-order valence-corrected chi connectivity index (χ3v) is 0.344. The summed E-state index contributed by atoms with van der Waals surface area (Å²) in [6.45, 7) is 1.89. The maximum atomic E-state index is 3.61. The molecule has 0 aromatic heterocycles. The number of hydrogen-bond acceptors (Lipinski definition) is 1. The summed E-state index contributed by atoms with van der Waals surface area (Å²) in [6, 6.07) is 0. The van der Waals surface area contributed by atoms with E-state index in [1.807, 2.05) is 6.92 Å². The van der Waals surface area contributed by atoms with Crippen molar-refractivity contribution in [3.63, 3.8) is 0 Å². The van der Waals surface area contributed by atoms with Crippen molar-refractivity contribution < 1.29 is 0 Å². The summed E-state index contributed by atoms with van der Waals surface area (Å²) in [5.41, 5.74) is 0. The van der Waals surface area contributed by atoms with Crippen molar-refractivity contribution in [3.8, 4) is 0 Å². The molecule has 1 rings (SSSR count). The van der Waals surface area contributed by atoms with E-state index in [1.165, 1.54) is 0 Å². The molecule has 0 aliphatic carbocycles. The summed E-state index contributed by atoms with van der Waals surface area (Å²) in [5, 5.41) is 0. The van der Waals surface area contributed by atoms with Gasteiger partial charge in [0.05, 0.1) is 0 Å². The monoisotopic (exact) mass is 51.0 g/mol. The van der Waals surface area contributed by atoms with Crippen LogP contribution >= 0.6 is 0 Å². The van der Waals surface area contributed by atoms with Crippen LogP contribution in [0.3, 0.4) is 0 Å². The molecule has 1 heterocycles. The Kier molecular flexibility index (Phi) is 0.243. The van der Waals surface area contributed by atoms with Gasteiger partial charge < -0.3 is 0 Å². The Balaban J connectivity index is 2.67. The summed E-state index contributed by atoms with van der Waals surface area (Å²) >= 11 is 0. The normalized spacial score (nSPS) is 14.0. The molecule has 0 saturated carbocycles. The van der Waals surface area contributed by atoms with Crippen molar-refractivity contribution in [3.05, 3.63) is 0 Å². The molecule has 0 aromatic carbocycles. The first-order chi connectivity index (χ1) is 2.00. The van der Waals surface area contributed by atoms with Crippen molar-refractivity contribution in [1.82, 2.24) is 0 Å². The van der Waals surface area contributed by atoms with Crippen molar-refractivity contribution in [2.75, 3.05) is 0 Å². The molecule has 0 atom stereocenters. The van der Waals surface area contributed by atoms with Crippen LogP contribution in [-0.4, -0.2) is 19.1 Å². The van der Waals surface area contributed by atoms with Crippen molar-refractivity contribution in [1.29, 1.82) is 0 Å². The summed E-state index contributed by atoms with van der Waals surface area (Å²) in [6.07, 6.45) is 3.50. The molecule has 1 aliphatic rings. The fraction of sp³-hybridized carbons (Fsp3) is 0. The van der Waals surface area contributed by atoms with Gasteiger partial charge in [-0.3, -0.25) is 0 Å². The van der Waals surface area contributed by atoms with Gasteiger partial charge in [-0.25, -0.2) is 0 Å². The summed E-state index contributed by atoms with van der Waals surface area (Å²) < 4.78 is 0. The van der Waals surface area contributed by atoms with Crippen LogP contribution in [0.2, 0.25) is 0 Å². The topological polar surface area (TPSA) is 12.4 Å². The van der Waals surface area contributed by atoms with Gasteiger partial charge in [0.2, 0.25) is 0 Å². The first-order valence-electron chi connectivity index (χ1n) is 1.18. The Hall–Kier alpha value is -0.395. The Labute approximate surface area is 25.3 Å². The van der Waals surface area contributed by atoms with Crippen LogP contribution in [0.5, 0.6) is 0 Å². The average Bonchev–Trinajstić information content (AvgIpc) is 0.722. The van der Waals surface area contributed by atoms with E-state index < -0.39 is 0 Å². The molecule has 0 N–H and O–H groups in total. The van der Waals surface area contributed by atoms with E-state index in [-0.39, 0.29) is 0 Å². The van der Waals surface area contributed by atoms with Crippen molar-refractivity contribution in [2.24, 2.45) is 4.99 Å². The number of rotatable bonds is 0. The van der Waals surface area contributed by atoms with E-state index in [0.29, 0.717) is 0 Å². The van der Waals surface area contributed by atoms with E-state index >= 15 is 0 Å². The Bertz CT molecular complexity index is 46.4. The third kappa shape index (κ3) is 0.0452. The summed E-state index contributed by atoms with van der Waals surface area (Å²) in [4.78, 5) is 3.61. The predicted octanol–water partition coefficient (Wildman–Crippen LogP) is -0.508. The fourth-order valence-corrected chi connectivity index (χ4v) is 0.0861. The molecule has 0 saturated heterocycles. The molecule has 0 bridgehead atoms. The molecule has 1 nitrogen and oxygen atoms in total. The standard InChI is InChI=1S/C2H2BN/c1-3-2-4-1/h1-2H. The molecule has 2 heteroatoms. The van der Waals surface area contributed by atoms with Gasteiger partial charge in [0.25, 0.3) is 0 Å². The maximum absolute atomic E-state index is 3.61. The first-order valence-corrected chi connectivity index (χ1v) is 1.18. The van der Waals surface area contributed by atoms with Gasteiger partial charge in [0.1, 0.15) is 0 Å². The van der Waals surface area contributed by atoms with Crippen LogP contribution in [0.1, 0.15) is 0 Å². The summed E-state index contributed by atoms with van der Waals surface area (Å²) in [7, 11) is 0. The molecule has 4 heavy (non-hydrogen) atoms. The van der Waals surface area contributed by atoms with Gasteiger partial charge in [-0.05, 0) is 0 Å². The number of aliphatic imine (C=N–C) groups is 1. The summed E-state index contributed by atoms with van der Waals surface area (Å²) in [5.74, 6) is 0. The Morgan fingerprint density at radius 2 is 2.00 bits per heavy atom. The van der Waals surface area contributed by atoms with E-state index in [1.54, 1.807) is 12.2 Å². The molecule has 0 fully saturated rings. The van der Waals surface area contributed by atoms with E-state index in [4.69, 9.17) is 0 Å². The zero-order valence-corrected chi connectivity index (χ0v) is 2.18. The van der Waals surface area contributed by atoms with Crippen LogP contribution in [-0.2, 0) is 0 Å². The predicted molar refractivity (Wildman–Crippen MR) is 20.3 cm³/mol. The van der Waals surface area contributed by atoms with Gasteiger partial charge in [-0.1, -0.05) is 0 Å². The molecule has 0 radical (unpaired) electrons. The van der Waals surface area contributed by atoms with Crippen LogP contribution < -0.4 is 0 Å². The van der Waals surface area contributed by atoms with E-state index in [2.05, 4.69) is 4.99 Å². The average molecular weight is 50.9 g/mol. The third-order valence-electron chi connectivity index (χ3n) is 0.344. The molecule has 0 aromatic rings. The van der Waals surface area contributed by atoms with Crippen LogP contribution in [0.4, 0.5) is 0 Å². The number of nitrogens with zero attached hydrogens (tertiary/aromatic N) is 1. The second-order valence-electron chi connectivity index (χ2n) is 0.640. The molecular weight excluding hydrogens is 48.8 g/mol. The van der Waals surface area contributed by atoms with Gasteiger partial charge in [0.15, 0.2) is 0 Å². The van der Waals surface area contributed by atoms with Crippen molar-refractivity contribution >= 4 is 19.1 Å². The van der Waals surface area contributed by atoms with Crippen molar-refractivity contribution in [2.45, 2.75) is 0 Å². The van der Waals surface area contributed by atoms with Crippen LogP contribution in [0, 0.1) is 0 Å². The molecule has 0 spiro atoms. The van der Waals surface area contributed by atoms with Gasteiger partial charge in [0, 0.05) is 0 Å². The quantitative estimate of drug-likeness (QED) is 0.328. The van der Waals surface area contributed by atoms with Crippen LogP contribution in [0.15, 0.2) is 4.99 Å². The minimum atomic E-state index is 1.75. The Morgan fingerprint density at radius 1 is 1.75 bits per heavy atom. The first kappa shape index (κ1) is 1.88. The zero-order valence-electron chi connectivity index (χ0n) is 2.18. The fourth-order valence-electron chi connectivity index (χ4n) is 0.0861. The van der Waals surface area contributed by atoms with Gasteiger partial charge in [-0.2, -0.15) is 0 Å². The second kappa shape index (κ2) is 0.516. The van der Waals surface area contributed by atoms with Crippen LogP contribution in [0.25, 0.3) is 0 Å². The number of hydrogen-bond donors (Lipinski definition) is 0. The Morgan fingerprint density at radius 3 is 2.00 bits per heavy atom. The molecular formula is C2H2BN. The van der Waals surface area contributed by atoms with Gasteiger partial charge in [-0.15, -0.1) is 0 Å². The second-order valence-corrected chi connectivity index (χ2v) is 0.640. The minimum absolute atomic E-state index is 1.75. The molecule has 0 unspecified atom stereocenters. The molecule has 18 valence electrons. The molecule has 0 amide bonds. The van der Waals surface area contributed by atoms with Gasteiger partial charge >= 0.3 is 24.1 Å². The SMILES string of the molecule is B1=CN=C1. The van der Waals surface area contributed by atoms with E-state index in [0.717, 1.165) is 0 Å². The molecule has 1 aliphatic heterocycles. The zero-order chi connectivity index (χ0) is 2.83. The van der Waals surface area contributed by atoms with E-state index in [9.17, 15) is 0 Å².